The summed E-state index contributed by atoms with van der Waals surface area (Å²) in [5, 5.41) is 0. The van der Waals surface area contributed by atoms with E-state index in [0.29, 0.717) is 36.0 Å². The lowest BCUT2D eigenvalue weighted by atomic mass is 9.95. The Morgan fingerprint density at radius 3 is 2.42 bits per heavy atom. The van der Waals surface area contributed by atoms with Crippen LogP contribution in [0.5, 0.6) is 11.5 Å². The number of fused-ring (bicyclic) bond motifs is 1. The maximum absolute atomic E-state index is 11.2. The van der Waals surface area contributed by atoms with Gasteiger partial charge in [0.1, 0.15) is 13.2 Å². The van der Waals surface area contributed by atoms with Crippen LogP contribution in [0.25, 0.3) is 0 Å². The second-order valence-corrected chi connectivity index (χ2v) is 9.48. The zero-order valence-electron chi connectivity index (χ0n) is 18.7. The highest BCUT2D eigenvalue weighted by molar-refractivity contribution is 7.73. The Bertz CT molecular complexity index is 1020. The van der Waals surface area contributed by atoms with Gasteiger partial charge in [-0.15, -0.1) is 12.8 Å². The molecular formula is C24H30N5O3S-. The van der Waals surface area contributed by atoms with Gasteiger partial charge in [-0.25, -0.2) is 9.97 Å². The van der Waals surface area contributed by atoms with Gasteiger partial charge in [0.25, 0.3) is 0 Å². The summed E-state index contributed by atoms with van der Waals surface area (Å²) in [5.41, 5.74) is 1.33. The SMILES string of the molecule is C#C.N=[S-](=O)c1cnc(N2CCC(CN3CCC[C@H]3c3ccc4c(c3)OCCO4)CC2)nc1. The minimum atomic E-state index is -1.79. The number of benzene rings is 1. The molecule has 0 saturated carbocycles. The van der Waals surface area contributed by atoms with Crippen LogP contribution in [0.3, 0.4) is 0 Å². The fourth-order valence-electron chi connectivity index (χ4n) is 4.90. The standard InChI is InChI=1S/C22H28N5O3S.C2H2/c23-31(28)18-13-24-22(25-14-18)26-8-5-16(6-9-26)15-27-7-1-2-19(27)17-3-4-20-21(12-17)30-11-10-29-20;1-2/h3-4,12-14,16,19,23H,1-2,5-11,15H2;1-2H/q-1;/t19-;/m0./s1. The van der Waals surface area contributed by atoms with Crippen LogP contribution < -0.4 is 14.4 Å². The number of rotatable bonds is 5. The van der Waals surface area contributed by atoms with Gasteiger partial charge < -0.3 is 23.4 Å². The molecule has 9 heteroatoms. The van der Waals surface area contributed by atoms with Crippen molar-refractivity contribution in [2.75, 3.05) is 44.3 Å². The van der Waals surface area contributed by atoms with E-state index in [1.807, 2.05) is 0 Å². The average molecular weight is 469 g/mol. The molecule has 0 radical (unpaired) electrons. The number of likely N-dealkylation sites (tertiary alicyclic amines) is 1. The Balaban J connectivity index is 0.00000126. The molecule has 5 rings (SSSR count). The van der Waals surface area contributed by atoms with Crippen LogP contribution in [0, 0.1) is 23.5 Å². The number of nitrogens with one attached hydrogen (secondary N) is 1. The molecule has 2 fully saturated rings. The van der Waals surface area contributed by atoms with Crippen LogP contribution in [-0.2, 0) is 14.8 Å². The van der Waals surface area contributed by atoms with Crippen molar-refractivity contribution in [3.8, 4) is 24.3 Å². The Morgan fingerprint density at radius 2 is 1.73 bits per heavy atom. The van der Waals surface area contributed by atoms with Crippen LogP contribution in [0.4, 0.5) is 5.95 Å². The maximum atomic E-state index is 11.2. The lowest BCUT2D eigenvalue weighted by Gasteiger charge is -2.35. The zero-order chi connectivity index (χ0) is 23.2. The quantitative estimate of drug-likeness (QED) is 0.529. The van der Waals surface area contributed by atoms with Crippen LogP contribution in [0.2, 0.25) is 0 Å². The van der Waals surface area contributed by atoms with Gasteiger partial charge in [-0.2, -0.15) is 10.6 Å². The predicted molar refractivity (Wildman–Crippen MR) is 127 cm³/mol. The van der Waals surface area contributed by atoms with E-state index < -0.39 is 10.6 Å². The second kappa shape index (κ2) is 10.9. The summed E-state index contributed by atoms with van der Waals surface area (Å²) >= 11 is 0. The molecule has 4 heterocycles. The van der Waals surface area contributed by atoms with Crippen molar-refractivity contribution in [3.05, 3.63) is 36.2 Å². The molecule has 2 aromatic rings. The van der Waals surface area contributed by atoms with Crippen LogP contribution in [0.1, 0.15) is 37.3 Å². The van der Waals surface area contributed by atoms with E-state index in [1.54, 1.807) is 0 Å². The van der Waals surface area contributed by atoms with Crippen molar-refractivity contribution in [3.63, 3.8) is 0 Å². The first-order valence-electron chi connectivity index (χ1n) is 11.3. The molecule has 1 aromatic heterocycles. The van der Waals surface area contributed by atoms with Gasteiger partial charge >= 0.3 is 0 Å². The normalized spacial score (nSPS) is 20.9. The molecule has 1 atom stereocenters. The number of hydrogen-bond donors (Lipinski definition) is 1. The van der Waals surface area contributed by atoms with Crippen LogP contribution in [-0.4, -0.2) is 54.3 Å². The third-order valence-electron chi connectivity index (χ3n) is 6.53. The third kappa shape index (κ3) is 5.40. The lowest BCUT2D eigenvalue weighted by molar-refractivity contribution is 0.169. The second-order valence-electron chi connectivity index (χ2n) is 8.47. The molecule has 0 bridgehead atoms. The van der Waals surface area contributed by atoms with Crippen molar-refractivity contribution in [1.29, 1.82) is 4.78 Å². The number of terminal acetylenes is 1. The summed E-state index contributed by atoms with van der Waals surface area (Å²) in [6.45, 7) is 5.36. The van der Waals surface area contributed by atoms with Crippen molar-refractivity contribution in [2.45, 2.75) is 36.6 Å². The van der Waals surface area contributed by atoms with Crippen LogP contribution >= 0.6 is 0 Å². The highest BCUT2D eigenvalue weighted by Gasteiger charge is 2.30. The Morgan fingerprint density at radius 1 is 1.03 bits per heavy atom. The van der Waals surface area contributed by atoms with Gasteiger partial charge in [-0.05, 0) is 55.8 Å². The zero-order valence-corrected chi connectivity index (χ0v) is 19.5. The van der Waals surface area contributed by atoms with Gasteiger partial charge in [0, 0.05) is 38.1 Å². The average Bonchev–Trinajstić information content (AvgIpc) is 3.33. The molecule has 1 aromatic carbocycles. The Hall–Kier alpha value is -2.83. The topological polar surface area (TPSA) is 91.6 Å². The monoisotopic (exact) mass is 468 g/mol. The van der Waals surface area contributed by atoms with Gasteiger partial charge in [-0.3, -0.25) is 4.90 Å². The van der Waals surface area contributed by atoms with E-state index in [1.165, 1.54) is 30.8 Å². The fraction of sp³-hybridized carbons (Fsp3) is 0.500. The molecule has 8 nitrogen and oxygen atoms in total. The van der Waals surface area contributed by atoms with E-state index in [0.717, 1.165) is 50.5 Å². The number of nitrogens with zero attached hydrogens (tertiary/aromatic N) is 4. The Kier molecular flexibility index (Phi) is 7.68. The molecule has 176 valence electrons. The summed E-state index contributed by atoms with van der Waals surface area (Å²) < 4.78 is 29.9. The smallest absolute Gasteiger partial charge is 0.225 e. The molecular weight excluding hydrogens is 438 g/mol. The third-order valence-corrected chi connectivity index (χ3v) is 7.17. The van der Waals surface area contributed by atoms with Gasteiger partial charge in [0.05, 0.1) is 0 Å². The van der Waals surface area contributed by atoms with E-state index in [4.69, 9.17) is 14.3 Å². The molecule has 0 spiro atoms. The highest BCUT2D eigenvalue weighted by Crippen LogP contribution is 2.39. The summed E-state index contributed by atoms with van der Waals surface area (Å²) in [5.74, 6) is 3.07. The number of ether oxygens (including phenoxy) is 2. The van der Waals surface area contributed by atoms with E-state index in [-0.39, 0.29) is 0 Å². The number of anilines is 1. The number of aromatic nitrogens is 2. The molecule has 33 heavy (non-hydrogen) atoms. The molecule has 2 saturated heterocycles. The van der Waals surface area contributed by atoms with E-state index >= 15 is 0 Å². The van der Waals surface area contributed by atoms with Crippen LogP contribution in [0.15, 0.2) is 35.5 Å². The van der Waals surface area contributed by atoms with Crippen molar-refractivity contribution < 1.29 is 13.7 Å². The van der Waals surface area contributed by atoms with Crippen molar-refractivity contribution >= 4 is 16.5 Å². The first-order chi connectivity index (χ1) is 16.2. The summed E-state index contributed by atoms with van der Waals surface area (Å²) in [6.07, 6.45) is 15.6. The molecule has 3 aliphatic rings. The number of hydrogen-bond acceptors (Lipinski definition) is 9. The van der Waals surface area contributed by atoms with Gasteiger partial charge in [-0.1, -0.05) is 11.0 Å². The summed E-state index contributed by atoms with van der Waals surface area (Å²) in [6, 6.07) is 6.88. The predicted octanol–water partition coefficient (Wildman–Crippen LogP) is 3.64. The molecule has 1 N–H and O–H groups in total. The van der Waals surface area contributed by atoms with Crippen molar-refractivity contribution in [2.24, 2.45) is 5.92 Å². The lowest BCUT2D eigenvalue weighted by Crippen LogP contribution is -2.39. The summed E-state index contributed by atoms with van der Waals surface area (Å²) in [7, 11) is -1.79. The fourth-order valence-corrected chi connectivity index (χ4v) is 5.20. The summed E-state index contributed by atoms with van der Waals surface area (Å²) in [4.78, 5) is 13.8. The maximum Gasteiger partial charge on any atom is 0.225 e. The minimum absolute atomic E-state index is 0.345. The highest BCUT2D eigenvalue weighted by atomic mass is 32.2. The largest absolute Gasteiger partial charge is 0.486 e. The number of piperidine rings is 1. The van der Waals surface area contributed by atoms with Gasteiger partial charge in [0.2, 0.25) is 5.95 Å². The minimum Gasteiger partial charge on any atom is -0.486 e. The van der Waals surface area contributed by atoms with E-state index in [9.17, 15) is 4.21 Å². The molecule has 0 aliphatic carbocycles. The molecule has 0 amide bonds. The molecule has 0 unspecified atom stereocenters. The molecule has 3 aliphatic heterocycles. The first kappa shape index (κ1) is 23.3. The first-order valence-corrected chi connectivity index (χ1v) is 12.5. The van der Waals surface area contributed by atoms with Crippen molar-refractivity contribution in [1.82, 2.24) is 14.9 Å². The Labute approximate surface area is 197 Å². The van der Waals surface area contributed by atoms with Gasteiger partial charge in [0.15, 0.2) is 11.5 Å². The van der Waals surface area contributed by atoms with E-state index in [2.05, 4.69) is 50.8 Å².